The Morgan fingerprint density at radius 3 is 2.27 bits per heavy atom. The predicted molar refractivity (Wildman–Crippen MR) is 78.6 cm³/mol. The Kier molecular flexibility index (Phi) is 5.19. The molecule has 0 N–H and O–H groups in total. The van der Waals surface area contributed by atoms with Gasteiger partial charge < -0.3 is 19.1 Å². The molecular weight excluding hydrogens is 286 g/mol. The number of amides is 3. The Labute approximate surface area is 129 Å². The third kappa shape index (κ3) is 4.09. The van der Waals surface area contributed by atoms with Crippen LogP contribution in [0.5, 0.6) is 0 Å². The van der Waals surface area contributed by atoms with Gasteiger partial charge in [-0.3, -0.25) is 14.4 Å². The van der Waals surface area contributed by atoms with Crippen molar-refractivity contribution in [1.82, 2.24) is 14.7 Å². The molecular formula is C15H21N3O4. The number of carbonyl (C=O) groups excluding carboxylic acids is 3. The lowest BCUT2D eigenvalue weighted by Crippen LogP contribution is -2.52. The average Bonchev–Trinajstić information content (AvgIpc) is 2.99. The molecule has 0 bridgehead atoms. The van der Waals surface area contributed by atoms with Crippen LogP contribution in [0.2, 0.25) is 0 Å². The molecule has 1 aromatic heterocycles. The zero-order valence-electron chi connectivity index (χ0n) is 12.9. The highest BCUT2D eigenvalue weighted by molar-refractivity contribution is 5.84. The maximum Gasteiger partial charge on any atom is 0.242 e. The Balaban J connectivity index is 1.89. The number of furan rings is 1. The predicted octanol–water partition coefficient (Wildman–Crippen LogP) is 0.319. The van der Waals surface area contributed by atoms with E-state index in [0.29, 0.717) is 31.9 Å². The van der Waals surface area contributed by atoms with Crippen LogP contribution in [0.25, 0.3) is 0 Å². The third-order valence-corrected chi connectivity index (χ3v) is 3.78. The molecule has 0 aliphatic carbocycles. The van der Waals surface area contributed by atoms with Crippen LogP contribution in [0.4, 0.5) is 0 Å². The van der Waals surface area contributed by atoms with Crippen molar-refractivity contribution in [3.63, 3.8) is 0 Å². The normalized spacial score (nSPS) is 14.8. The molecule has 7 heteroatoms. The molecule has 1 aromatic rings. The van der Waals surface area contributed by atoms with Gasteiger partial charge in [0.25, 0.3) is 0 Å². The first-order chi connectivity index (χ1) is 10.5. The van der Waals surface area contributed by atoms with Crippen molar-refractivity contribution in [1.29, 1.82) is 0 Å². The van der Waals surface area contributed by atoms with Gasteiger partial charge in [0, 0.05) is 40.0 Å². The molecule has 0 saturated carbocycles. The SMILES string of the molecule is CC(=O)N1CCN(C(=O)CN(Cc2ccco2)C(C)=O)CC1. The van der Waals surface area contributed by atoms with Crippen LogP contribution in [0, 0.1) is 0 Å². The fourth-order valence-corrected chi connectivity index (χ4v) is 2.40. The maximum absolute atomic E-state index is 12.3. The van der Waals surface area contributed by atoms with Crippen LogP contribution in [0.15, 0.2) is 22.8 Å². The van der Waals surface area contributed by atoms with E-state index in [0.717, 1.165) is 0 Å². The second-order valence-electron chi connectivity index (χ2n) is 5.34. The standard InChI is InChI=1S/C15H21N3O4/c1-12(19)16-5-7-17(8-6-16)15(21)11-18(13(2)20)10-14-4-3-9-22-14/h3-4,9H,5-8,10-11H2,1-2H3. The van der Waals surface area contributed by atoms with Gasteiger partial charge in [0.15, 0.2) is 0 Å². The minimum Gasteiger partial charge on any atom is -0.467 e. The van der Waals surface area contributed by atoms with Gasteiger partial charge in [-0.1, -0.05) is 0 Å². The van der Waals surface area contributed by atoms with Crippen LogP contribution in [0.1, 0.15) is 19.6 Å². The van der Waals surface area contributed by atoms with E-state index in [-0.39, 0.29) is 30.8 Å². The lowest BCUT2D eigenvalue weighted by atomic mass is 10.3. The lowest BCUT2D eigenvalue weighted by Gasteiger charge is -2.35. The van der Waals surface area contributed by atoms with E-state index in [2.05, 4.69) is 0 Å². The monoisotopic (exact) mass is 307 g/mol. The highest BCUT2D eigenvalue weighted by atomic mass is 16.3. The van der Waals surface area contributed by atoms with Crippen LogP contribution in [-0.4, -0.2) is 65.1 Å². The number of hydrogen-bond donors (Lipinski definition) is 0. The Hall–Kier alpha value is -2.31. The minimum atomic E-state index is -0.174. The molecule has 0 radical (unpaired) electrons. The topological polar surface area (TPSA) is 74.1 Å². The zero-order valence-corrected chi connectivity index (χ0v) is 12.9. The van der Waals surface area contributed by atoms with Gasteiger partial charge in [-0.05, 0) is 12.1 Å². The summed E-state index contributed by atoms with van der Waals surface area (Å²) >= 11 is 0. The van der Waals surface area contributed by atoms with E-state index in [9.17, 15) is 14.4 Å². The van der Waals surface area contributed by atoms with Crippen molar-refractivity contribution < 1.29 is 18.8 Å². The van der Waals surface area contributed by atoms with Gasteiger partial charge >= 0.3 is 0 Å². The largest absolute Gasteiger partial charge is 0.467 e. The number of hydrogen-bond acceptors (Lipinski definition) is 4. The summed E-state index contributed by atoms with van der Waals surface area (Å²) in [5.74, 6) is 0.386. The van der Waals surface area contributed by atoms with Crippen molar-refractivity contribution in [3.8, 4) is 0 Å². The fraction of sp³-hybridized carbons (Fsp3) is 0.533. The van der Waals surface area contributed by atoms with E-state index in [1.807, 2.05) is 0 Å². The summed E-state index contributed by atoms with van der Waals surface area (Å²) in [6.07, 6.45) is 1.54. The summed E-state index contributed by atoms with van der Waals surface area (Å²) in [6, 6.07) is 3.52. The number of piperazine rings is 1. The van der Waals surface area contributed by atoms with E-state index in [1.54, 1.807) is 21.9 Å². The summed E-state index contributed by atoms with van der Waals surface area (Å²) in [5.41, 5.74) is 0. The van der Waals surface area contributed by atoms with Crippen LogP contribution in [0.3, 0.4) is 0 Å². The molecule has 3 amide bonds. The molecule has 1 aliphatic heterocycles. The molecule has 1 fully saturated rings. The zero-order chi connectivity index (χ0) is 16.1. The molecule has 2 heterocycles. The van der Waals surface area contributed by atoms with E-state index >= 15 is 0 Å². The van der Waals surface area contributed by atoms with Gasteiger partial charge in [0.05, 0.1) is 12.8 Å². The second kappa shape index (κ2) is 7.11. The summed E-state index contributed by atoms with van der Waals surface area (Å²) in [7, 11) is 0. The molecule has 0 aromatic carbocycles. The highest BCUT2D eigenvalue weighted by Gasteiger charge is 2.24. The third-order valence-electron chi connectivity index (χ3n) is 3.78. The lowest BCUT2D eigenvalue weighted by molar-refractivity contribution is -0.143. The van der Waals surface area contributed by atoms with Gasteiger partial charge in [-0.2, -0.15) is 0 Å². The van der Waals surface area contributed by atoms with Crippen LogP contribution in [-0.2, 0) is 20.9 Å². The van der Waals surface area contributed by atoms with E-state index in [4.69, 9.17) is 4.42 Å². The molecule has 22 heavy (non-hydrogen) atoms. The van der Waals surface area contributed by atoms with Crippen LogP contribution < -0.4 is 0 Å². The second-order valence-corrected chi connectivity index (χ2v) is 5.34. The number of rotatable bonds is 4. The van der Waals surface area contributed by atoms with E-state index in [1.165, 1.54) is 25.0 Å². The summed E-state index contributed by atoms with van der Waals surface area (Å²) in [5, 5.41) is 0. The first-order valence-electron chi connectivity index (χ1n) is 7.28. The van der Waals surface area contributed by atoms with E-state index < -0.39 is 0 Å². The number of carbonyl (C=O) groups is 3. The van der Waals surface area contributed by atoms with Crippen molar-refractivity contribution in [3.05, 3.63) is 24.2 Å². The van der Waals surface area contributed by atoms with Crippen molar-refractivity contribution in [2.75, 3.05) is 32.7 Å². The smallest absolute Gasteiger partial charge is 0.242 e. The van der Waals surface area contributed by atoms with Gasteiger partial charge in [-0.15, -0.1) is 0 Å². The quantitative estimate of drug-likeness (QED) is 0.803. The molecule has 1 aliphatic rings. The minimum absolute atomic E-state index is 0.0234. The maximum atomic E-state index is 12.3. The summed E-state index contributed by atoms with van der Waals surface area (Å²) in [6.45, 7) is 5.36. The molecule has 2 rings (SSSR count). The first-order valence-corrected chi connectivity index (χ1v) is 7.28. The van der Waals surface area contributed by atoms with Gasteiger partial charge in [0.2, 0.25) is 17.7 Å². The summed E-state index contributed by atoms with van der Waals surface area (Å²) < 4.78 is 5.22. The first kappa shape index (κ1) is 16.1. The Bertz CT molecular complexity index is 533. The van der Waals surface area contributed by atoms with Gasteiger partial charge in [-0.25, -0.2) is 0 Å². The molecule has 120 valence electrons. The Morgan fingerprint density at radius 2 is 1.77 bits per heavy atom. The fourth-order valence-electron chi connectivity index (χ4n) is 2.40. The average molecular weight is 307 g/mol. The van der Waals surface area contributed by atoms with Crippen molar-refractivity contribution in [2.45, 2.75) is 20.4 Å². The van der Waals surface area contributed by atoms with Crippen molar-refractivity contribution >= 4 is 17.7 Å². The number of nitrogens with zero attached hydrogens (tertiary/aromatic N) is 3. The molecule has 0 atom stereocenters. The molecule has 0 unspecified atom stereocenters. The van der Waals surface area contributed by atoms with Crippen molar-refractivity contribution in [2.24, 2.45) is 0 Å². The molecule has 7 nitrogen and oxygen atoms in total. The van der Waals surface area contributed by atoms with Crippen LogP contribution >= 0.6 is 0 Å². The summed E-state index contributed by atoms with van der Waals surface area (Å²) in [4.78, 5) is 40.2. The van der Waals surface area contributed by atoms with Gasteiger partial charge in [0.1, 0.15) is 12.3 Å². The molecule has 1 saturated heterocycles. The Morgan fingerprint density at radius 1 is 1.14 bits per heavy atom. The highest BCUT2D eigenvalue weighted by Crippen LogP contribution is 2.08. The molecule has 0 spiro atoms.